The monoisotopic (exact) mass is 264 g/mol. The maximum atomic E-state index is 10.9. The van der Waals surface area contributed by atoms with Gasteiger partial charge < -0.3 is 9.90 Å². The fraction of sp³-hybridized carbons (Fsp3) is 0.667. The van der Waals surface area contributed by atoms with Crippen LogP contribution in [0, 0.1) is 0 Å². The number of rotatable bonds is 6. The molecule has 0 radical (unpaired) electrons. The molecule has 0 aromatic rings. The van der Waals surface area contributed by atoms with Crippen molar-refractivity contribution in [3.05, 3.63) is 0 Å². The number of carbonyl (C=O) groups is 2. The molecule has 0 aromatic heterocycles. The Kier molecular flexibility index (Phi) is 9.07. The summed E-state index contributed by atoms with van der Waals surface area (Å²) in [5.74, 6) is -3.32. The second-order valence-corrected chi connectivity index (χ2v) is 3.99. The zero-order valence-corrected chi connectivity index (χ0v) is 11.5. The summed E-state index contributed by atoms with van der Waals surface area (Å²) in [7, 11) is -4.87. The van der Waals surface area contributed by atoms with Crippen molar-refractivity contribution in [3.8, 4) is 0 Å². The molecular formula is C6H9NaO8S. The van der Waals surface area contributed by atoms with Crippen molar-refractivity contribution in [1.82, 2.24) is 0 Å². The van der Waals surface area contributed by atoms with Crippen LogP contribution in [0.1, 0.15) is 13.3 Å². The van der Waals surface area contributed by atoms with Gasteiger partial charge in [-0.1, -0.05) is 0 Å². The van der Waals surface area contributed by atoms with Gasteiger partial charge in [0.15, 0.2) is 5.25 Å². The largest absolute Gasteiger partial charge is 1.00 e. The van der Waals surface area contributed by atoms with Gasteiger partial charge in [-0.15, -0.1) is 0 Å². The topological polar surface area (TPSA) is 130 Å². The van der Waals surface area contributed by atoms with Crippen LogP contribution >= 0.6 is 0 Å². The van der Waals surface area contributed by atoms with Gasteiger partial charge in [-0.3, -0.25) is 9.44 Å². The van der Waals surface area contributed by atoms with E-state index in [0.29, 0.717) is 0 Å². The zero-order valence-electron chi connectivity index (χ0n) is 8.70. The minimum atomic E-state index is -4.87. The van der Waals surface area contributed by atoms with Crippen LogP contribution in [0.25, 0.3) is 0 Å². The predicted molar refractivity (Wildman–Crippen MR) is 42.7 cm³/mol. The maximum absolute atomic E-state index is 10.9. The molecule has 0 bridgehead atoms. The van der Waals surface area contributed by atoms with Gasteiger partial charge in [-0.25, -0.2) is 4.79 Å². The molecule has 1 atom stereocenters. The molecule has 0 saturated heterocycles. The van der Waals surface area contributed by atoms with Crippen LogP contribution in [0.5, 0.6) is 0 Å². The zero-order chi connectivity index (χ0) is 12.1. The van der Waals surface area contributed by atoms with Crippen LogP contribution in [-0.2, 0) is 29.5 Å². The molecule has 1 unspecified atom stereocenters. The average molecular weight is 264 g/mol. The van der Waals surface area contributed by atoms with E-state index in [-0.39, 0.29) is 36.2 Å². The minimum Gasteiger partial charge on any atom is -0.550 e. The van der Waals surface area contributed by atoms with Gasteiger partial charge in [-0.05, 0) is 6.92 Å². The number of carbonyl (C=O) groups excluding carboxylic acids is 2. The second kappa shape index (κ2) is 7.98. The van der Waals surface area contributed by atoms with Crippen LogP contribution in [0.2, 0.25) is 0 Å². The van der Waals surface area contributed by atoms with Crippen molar-refractivity contribution in [2.45, 2.75) is 18.6 Å². The Labute approximate surface area is 114 Å². The molecule has 0 fully saturated rings. The number of carboxylic acid groups (broad SMARTS) is 1. The fourth-order valence-electron chi connectivity index (χ4n) is 0.632. The average Bonchev–Trinajstić information content (AvgIpc) is 2.08. The van der Waals surface area contributed by atoms with Crippen molar-refractivity contribution in [3.63, 3.8) is 0 Å². The molecule has 8 nitrogen and oxygen atoms in total. The molecule has 0 aromatic carbocycles. The van der Waals surface area contributed by atoms with Gasteiger partial charge in [0.2, 0.25) is 0 Å². The van der Waals surface area contributed by atoms with Gasteiger partial charge in [0.05, 0.1) is 6.61 Å². The molecule has 0 aliphatic heterocycles. The van der Waals surface area contributed by atoms with Gasteiger partial charge in [0.1, 0.15) is 0 Å². The van der Waals surface area contributed by atoms with Gasteiger partial charge in [-0.2, -0.15) is 13.3 Å². The summed E-state index contributed by atoms with van der Waals surface area (Å²) in [6.45, 7) is 1.41. The Morgan fingerprint density at radius 3 is 2.25 bits per heavy atom. The molecule has 88 valence electrons. The molecular weight excluding hydrogens is 255 g/mol. The minimum absolute atomic E-state index is 0. The Hall–Kier alpha value is -0.190. The Bertz CT molecular complexity index is 336. The van der Waals surface area contributed by atoms with E-state index < -0.39 is 33.7 Å². The maximum Gasteiger partial charge on any atom is 1.00 e. The predicted octanol–water partition coefficient (Wildman–Crippen LogP) is -5.12. The first kappa shape index (κ1) is 18.2. The van der Waals surface area contributed by atoms with E-state index in [4.69, 9.17) is 4.55 Å². The van der Waals surface area contributed by atoms with E-state index in [9.17, 15) is 23.1 Å². The van der Waals surface area contributed by atoms with Crippen molar-refractivity contribution < 1.29 is 67.0 Å². The first-order valence-electron chi connectivity index (χ1n) is 3.78. The van der Waals surface area contributed by atoms with E-state index in [0.717, 1.165) is 0 Å². The molecule has 1 N–H and O–H groups in total. The molecule has 0 saturated carbocycles. The molecule has 0 aliphatic carbocycles. The third-order valence-electron chi connectivity index (χ3n) is 1.23. The second-order valence-electron chi connectivity index (χ2n) is 2.39. The van der Waals surface area contributed by atoms with E-state index in [1.807, 2.05) is 0 Å². The summed E-state index contributed by atoms with van der Waals surface area (Å²) >= 11 is 0. The fourth-order valence-corrected chi connectivity index (χ4v) is 1.26. The van der Waals surface area contributed by atoms with Crippen LogP contribution in [0.15, 0.2) is 0 Å². The summed E-state index contributed by atoms with van der Waals surface area (Å²) < 4.78 is 29.7. The number of carboxylic acids is 1. The molecule has 0 rings (SSSR count). The Morgan fingerprint density at radius 1 is 1.44 bits per heavy atom. The van der Waals surface area contributed by atoms with Crippen molar-refractivity contribution in [2.75, 3.05) is 6.61 Å². The number of hydrogen-bond acceptors (Lipinski definition) is 7. The van der Waals surface area contributed by atoms with E-state index >= 15 is 0 Å². The van der Waals surface area contributed by atoms with Gasteiger partial charge in [0, 0.05) is 12.4 Å². The van der Waals surface area contributed by atoms with Gasteiger partial charge in [0.25, 0.3) is 10.1 Å². The Morgan fingerprint density at radius 2 is 1.94 bits per heavy atom. The summed E-state index contributed by atoms with van der Waals surface area (Å²) in [4.78, 5) is 29.0. The standard InChI is InChI=1S/C6H10O8S.Na/c1-2-13-14-6(9)4(3-5(7)8)15(10,11)12;/h4H,2-3H2,1H3,(H,7,8)(H,10,11,12);/q;+1/p-1. The molecule has 10 heteroatoms. The third-order valence-corrected chi connectivity index (χ3v) is 2.31. The Balaban J connectivity index is 0. The summed E-state index contributed by atoms with van der Waals surface area (Å²) in [5, 5.41) is 7.86. The van der Waals surface area contributed by atoms with Crippen LogP contribution in [0.4, 0.5) is 0 Å². The number of aliphatic carboxylic acids is 1. The molecule has 16 heavy (non-hydrogen) atoms. The van der Waals surface area contributed by atoms with E-state index in [1.165, 1.54) is 6.92 Å². The van der Waals surface area contributed by atoms with Crippen molar-refractivity contribution in [2.24, 2.45) is 0 Å². The summed E-state index contributed by atoms with van der Waals surface area (Å²) in [5.41, 5.74) is 0. The van der Waals surface area contributed by atoms with Crippen LogP contribution < -0.4 is 34.7 Å². The molecule has 0 aliphatic rings. The quantitative estimate of drug-likeness (QED) is 0.218. The van der Waals surface area contributed by atoms with E-state index in [2.05, 4.69) is 9.78 Å². The third kappa shape index (κ3) is 7.14. The normalized spacial score (nSPS) is 12.4. The van der Waals surface area contributed by atoms with Gasteiger partial charge >= 0.3 is 35.5 Å². The molecule has 0 spiro atoms. The summed E-state index contributed by atoms with van der Waals surface area (Å²) in [6, 6.07) is 0. The van der Waals surface area contributed by atoms with Crippen molar-refractivity contribution >= 4 is 22.1 Å². The van der Waals surface area contributed by atoms with E-state index in [1.54, 1.807) is 0 Å². The first-order chi connectivity index (χ1) is 6.79. The number of hydrogen-bond donors (Lipinski definition) is 1. The SMILES string of the molecule is CCOOC(=O)C(CC(=O)[O-])S(=O)(=O)O.[Na+]. The van der Waals surface area contributed by atoms with Crippen LogP contribution in [-0.4, -0.2) is 36.8 Å². The van der Waals surface area contributed by atoms with Crippen molar-refractivity contribution in [1.29, 1.82) is 0 Å². The van der Waals surface area contributed by atoms with Crippen LogP contribution in [0.3, 0.4) is 0 Å². The summed E-state index contributed by atoms with van der Waals surface area (Å²) in [6.07, 6.45) is -1.20. The first-order valence-corrected chi connectivity index (χ1v) is 5.28. The smallest absolute Gasteiger partial charge is 0.550 e. The molecule has 0 heterocycles. The molecule has 0 amide bonds.